The topological polar surface area (TPSA) is 75.3 Å². The molecule has 1 amide bonds. The Hall–Kier alpha value is -1.40. The Morgan fingerprint density at radius 3 is 2.25 bits per heavy atom. The molecule has 1 fully saturated rings. The van der Waals surface area contributed by atoms with Crippen LogP contribution in [0.5, 0.6) is 0 Å². The Labute approximate surface area is 145 Å². The summed E-state index contributed by atoms with van der Waals surface area (Å²) in [5.74, 6) is -0.372. The van der Waals surface area contributed by atoms with Gasteiger partial charge in [-0.3, -0.25) is 4.79 Å². The van der Waals surface area contributed by atoms with Crippen molar-refractivity contribution in [3.05, 3.63) is 35.9 Å². The molecule has 6 heteroatoms. The predicted molar refractivity (Wildman–Crippen MR) is 96.8 cm³/mol. The van der Waals surface area contributed by atoms with Crippen molar-refractivity contribution in [3.8, 4) is 0 Å². The van der Waals surface area contributed by atoms with Gasteiger partial charge in [-0.05, 0) is 38.4 Å². The van der Waals surface area contributed by atoms with Crippen LogP contribution in [0.25, 0.3) is 0 Å². The molecule has 1 aliphatic rings. The van der Waals surface area contributed by atoms with E-state index in [1.54, 1.807) is 0 Å². The maximum absolute atomic E-state index is 12.9. The molecule has 1 heterocycles. The lowest BCUT2D eigenvalue weighted by atomic mass is 9.78. The molecular formula is C18H28N2O3S. The molecule has 0 saturated carbocycles. The number of benzene rings is 1. The van der Waals surface area contributed by atoms with Crippen LogP contribution in [-0.4, -0.2) is 44.5 Å². The number of hydrogen-bond acceptors (Lipinski definition) is 4. The molecule has 1 saturated heterocycles. The number of hydrogen-bond donors (Lipinski definition) is 2. The molecule has 1 aromatic rings. The predicted octanol–water partition coefficient (Wildman–Crippen LogP) is 1.64. The molecular weight excluding hydrogens is 324 g/mol. The van der Waals surface area contributed by atoms with Gasteiger partial charge in [0.05, 0.1) is 0 Å². The van der Waals surface area contributed by atoms with Gasteiger partial charge in [-0.2, -0.15) is 0 Å². The first kappa shape index (κ1) is 18.9. The zero-order valence-corrected chi connectivity index (χ0v) is 15.7. The highest BCUT2D eigenvalue weighted by atomic mass is 32.2. The number of sulfone groups is 1. The Kier molecular flexibility index (Phi) is 5.40. The summed E-state index contributed by atoms with van der Waals surface area (Å²) in [6.07, 6.45) is 1.80. The van der Waals surface area contributed by atoms with Crippen molar-refractivity contribution in [2.24, 2.45) is 0 Å². The minimum absolute atomic E-state index is 0.194. The molecule has 2 rings (SSSR count). The van der Waals surface area contributed by atoms with E-state index in [0.29, 0.717) is 25.9 Å². The van der Waals surface area contributed by atoms with Crippen molar-refractivity contribution < 1.29 is 13.2 Å². The monoisotopic (exact) mass is 352 g/mol. The van der Waals surface area contributed by atoms with E-state index in [9.17, 15) is 13.2 Å². The molecule has 0 aromatic heterocycles. The molecule has 0 spiro atoms. The molecule has 1 aromatic carbocycles. The first-order chi connectivity index (χ1) is 11.1. The number of nitrogens with one attached hydrogen (secondary N) is 2. The number of carbonyl (C=O) groups is 1. The van der Waals surface area contributed by atoms with Crippen LogP contribution in [0.4, 0.5) is 0 Å². The van der Waals surface area contributed by atoms with Crippen LogP contribution in [-0.2, 0) is 20.0 Å². The van der Waals surface area contributed by atoms with Crippen LogP contribution in [0.2, 0.25) is 0 Å². The number of rotatable bonds is 5. The van der Waals surface area contributed by atoms with Crippen molar-refractivity contribution in [2.75, 3.05) is 19.3 Å². The van der Waals surface area contributed by atoms with Gasteiger partial charge in [-0.25, -0.2) is 8.42 Å². The Bertz CT molecular complexity index is 677. The second-order valence-electron chi connectivity index (χ2n) is 7.30. The number of amides is 1. The summed E-state index contributed by atoms with van der Waals surface area (Å²) in [5.41, 5.74) is 0.805. The lowest BCUT2D eigenvalue weighted by molar-refractivity contribution is -0.125. The van der Waals surface area contributed by atoms with Gasteiger partial charge < -0.3 is 10.6 Å². The first-order valence-electron chi connectivity index (χ1n) is 8.38. The first-order valence-corrected chi connectivity index (χ1v) is 10.3. The molecule has 24 heavy (non-hydrogen) atoms. The average Bonchev–Trinajstić information content (AvgIpc) is 2.55. The number of piperidine rings is 1. The molecule has 2 N–H and O–H groups in total. The summed E-state index contributed by atoms with van der Waals surface area (Å²) in [7, 11) is -3.49. The van der Waals surface area contributed by atoms with Crippen molar-refractivity contribution in [1.82, 2.24) is 10.6 Å². The van der Waals surface area contributed by atoms with E-state index in [4.69, 9.17) is 0 Å². The zero-order chi connectivity index (χ0) is 18.0. The van der Waals surface area contributed by atoms with Gasteiger partial charge in [-0.1, -0.05) is 44.2 Å². The van der Waals surface area contributed by atoms with Gasteiger partial charge in [0.1, 0.15) is 0 Å². The van der Waals surface area contributed by atoms with Crippen molar-refractivity contribution in [3.63, 3.8) is 0 Å². The number of carbonyl (C=O) groups excluding carboxylic acids is 1. The van der Waals surface area contributed by atoms with E-state index in [0.717, 1.165) is 5.56 Å². The van der Waals surface area contributed by atoms with Crippen molar-refractivity contribution in [2.45, 2.75) is 49.8 Å². The molecule has 134 valence electrons. The fraction of sp³-hybridized carbons (Fsp3) is 0.611. The summed E-state index contributed by atoms with van der Waals surface area (Å²) in [6, 6.07) is 9.75. The minimum atomic E-state index is -3.49. The Morgan fingerprint density at radius 1 is 1.21 bits per heavy atom. The standard InChI is InChI=1S/C18H28N2O3S/c1-14(17(2,3)15-8-6-5-7-9-15)20-16(21)18(24(4,22)23)10-12-19-13-11-18/h5-9,14,19H,10-13H2,1-4H3,(H,20,21). The molecule has 0 aliphatic carbocycles. The second kappa shape index (κ2) is 6.84. The van der Waals surface area contributed by atoms with E-state index >= 15 is 0 Å². The second-order valence-corrected chi connectivity index (χ2v) is 9.63. The molecule has 0 bridgehead atoms. The third-order valence-electron chi connectivity index (χ3n) is 5.48. The summed E-state index contributed by atoms with van der Waals surface area (Å²) in [6.45, 7) is 7.13. The SMILES string of the molecule is CC(NC(=O)C1(S(C)(=O)=O)CCNCC1)C(C)(C)c1ccccc1. The van der Waals surface area contributed by atoms with Crippen LogP contribution in [0, 0.1) is 0 Å². The van der Waals surface area contributed by atoms with E-state index in [1.165, 1.54) is 6.26 Å². The smallest absolute Gasteiger partial charge is 0.241 e. The van der Waals surface area contributed by atoms with Gasteiger partial charge in [0, 0.05) is 17.7 Å². The fourth-order valence-electron chi connectivity index (χ4n) is 3.22. The summed E-state index contributed by atoms with van der Waals surface area (Å²) < 4.78 is 23.4. The zero-order valence-electron chi connectivity index (χ0n) is 14.9. The average molecular weight is 352 g/mol. The van der Waals surface area contributed by atoms with Gasteiger partial charge in [0.15, 0.2) is 14.6 Å². The highest BCUT2D eigenvalue weighted by molar-refractivity contribution is 7.92. The third kappa shape index (κ3) is 3.49. The van der Waals surface area contributed by atoms with Crippen LogP contribution in [0.1, 0.15) is 39.2 Å². The third-order valence-corrected chi connectivity index (χ3v) is 7.50. The molecule has 1 unspecified atom stereocenters. The summed E-state index contributed by atoms with van der Waals surface area (Å²) in [4.78, 5) is 12.9. The molecule has 1 aliphatic heterocycles. The lowest BCUT2D eigenvalue weighted by Crippen LogP contribution is -2.60. The van der Waals surface area contributed by atoms with E-state index < -0.39 is 14.6 Å². The van der Waals surface area contributed by atoms with Gasteiger partial charge in [0.2, 0.25) is 5.91 Å². The molecule has 1 atom stereocenters. The van der Waals surface area contributed by atoms with Crippen LogP contribution < -0.4 is 10.6 Å². The Morgan fingerprint density at radius 2 is 1.75 bits per heavy atom. The quantitative estimate of drug-likeness (QED) is 0.845. The van der Waals surface area contributed by atoms with Crippen LogP contribution in [0.15, 0.2) is 30.3 Å². The van der Waals surface area contributed by atoms with Gasteiger partial charge in [0.25, 0.3) is 0 Å². The van der Waals surface area contributed by atoms with E-state index in [1.807, 2.05) is 37.3 Å². The van der Waals surface area contributed by atoms with E-state index in [2.05, 4.69) is 24.5 Å². The van der Waals surface area contributed by atoms with Crippen LogP contribution >= 0.6 is 0 Å². The van der Waals surface area contributed by atoms with Crippen LogP contribution in [0.3, 0.4) is 0 Å². The normalized spacial score (nSPS) is 19.5. The summed E-state index contributed by atoms with van der Waals surface area (Å²) >= 11 is 0. The van der Waals surface area contributed by atoms with E-state index in [-0.39, 0.29) is 17.4 Å². The largest absolute Gasteiger partial charge is 0.351 e. The lowest BCUT2D eigenvalue weighted by Gasteiger charge is -2.39. The fourth-order valence-corrected chi connectivity index (χ4v) is 4.56. The van der Waals surface area contributed by atoms with Gasteiger partial charge >= 0.3 is 0 Å². The van der Waals surface area contributed by atoms with Crippen molar-refractivity contribution >= 4 is 15.7 Å². The molecule has 5 nitrogen and oxygen atoms in total. The maximum Gasteiger partial charge on any atom is 0.241 e. The highest BCUT2D eigenvalue weighted by Gasteiger charge is 2.49. The van der Waals surface area contributed by atoms with Crippen molar-refractivity contribution in [1.29, 1.82) is 0 Å². The maximum atomic E-state index is 12.9. The van der Waals surface area contributed by atoms with Gasteiger partial charge in [-0.15, -0.1) is 0 Å². The highest BCUT2D eigenvalue weighted by Crippen LogP contribution is 2.31. The summed E-state index contributed by atoms with van der Waals surface area (Å²) in [5, 5.41) is 6.12. The molecule has 0 radical (unpaired) electrons. The Balaban J connectivity index is 2.24. The minimum Gasteiger partial charge on any atom is -0.351 e.